The van der Waals surface area contributed by atoms with Crippen molar-refractivity contribution in [2.75, 3.05) is 25.5 Å². The smallest absolute Gasteiger partial charge is 0.238 e. The van der Waals surface area contributed by atoms with Crippen LogP contribution in [0.1, 0.15) is 32.6 Å². The van der Waals surface area contributed by atoms with E-state index in [1.807, 2.05) is 24.3 Å². The van der Waals surface area contributed by atoms with Crippen molar-refractivity contribution < 1.29 is 9.53 Å². The Balaban J connectivity index is 2.29. The third-order valence-corrected chi connectivity index (χ3v) is 2.74. The van der Waals surface area contributed by atoms with E-state index in [-0.39, 0.29) is 5.91 Å². The van der Waals surface area contributed by atoms with Crippen LogP contribution in [-0.4, -0.2) is 26.1 Å². The summed E-state index contributed by atoms with van der Waals surface area (Å²) in [4.78, 5) is 11.4. The number of carbonyl (C=O) groups excluding carboxylic acids is 1. The fraction of sp³-hybridized carbons (Fsp3) is 0.533. The maximum atomic E-state index is 11.4. The zero-order valence-electron chi connectivity index (χ0n) is 11.9. The molecule has 2 N–H and O–H groups in total. The standard InChI is InChI=1S/C15H24N2O2/c1-3-4-5-6-11-19-14-9-7-13(8-10-14)17-15(18)12-16-2/h7-10,16H,3-6,11-12H2,1-2H3,(H,17,18). The van der Waals surface area contributed by atoms with Gasteiger partial charge in [0.05, 0.1) is 13.2 Å². The molecule has 0 aromatic heterocycles. The summed E-state index contributed by atoms with van der Waals surface area (Å²) in [7, 11) is 1.75. The molecule has 0 bridgehead atoms. The zero-order chi connectivity index (χ0) is 13.9. The topological polar surface area (TPSA) is 50.4 Å². The second-order valence-corrected chi connectivity index (χ2v) is 4.51. The fourth-order valence-electron chi connectivity index (χ4n) is 1.72. The van der Waals surface area contributed by atoms with Gasteiger partial charge in [-0.1, -0.05) is 26.2 Å². The van der Waals surface area contributed by atoms with Gasteiger partial charge in [0.25, 0.3) is 0 Å². The Morgan fingerprint density at radius 2 is 1.89 bits per heavy atom. The number of hydrogen-bond donors (Lipinski definition) is 2. The van der Waals surface area contributed by atoms with E-state index >= 15 is 0 Å². The Morgan fingerprint density at radius 1 is 1.16 bits per heavy atom. The molecular formula is C15H24N2O2. The van der Waals surface area contributed by atoms with E-state index in [9.17, 15) is 4.79 Å². The molecule has 0 aliphatic carbocycles. The SMILES string of the molecule is CCCCCCOc1ccc(NC(=O)CNC)cc1. The molecule has 0 aliphatic rings. The summed E-state index contributed by atoms with van der Waals surface area (Å²) >= 11 is 0. The molecule has 1 aromatic carbocycles. The van der Waals surface area contributed by atoms with Gasteiger partial charge in [-0.25, -0.2) is 0 Å². The third-order valence-electron chi connectivity index (χ3n) is 2.74. The van der Waals surface area contributed by atoms with Crippen LogP contribution in [-0.2, 0) is 4.79 Å². The monoisotopic (exact) mass is 264 g/mol. The van der Waals surface area contributed by atoms with E-state index in [1.54, 1.807) is 7.05 Å². The molecule has 0 aliphatic heterocycles. The van der Waals surface area contributed by atoms with Gasteiger partial charge in [0.15, 0.2) is 0 Å². The molecule has 0 saturated heterocycles. The Bertz CT molecular complexity index is 363. The molecule has 1 rings (SSSR count). The van der Waals surface area contributed by atoms with Crippen LogP contribution >= 0.6 is 0 Å². The van der Waals surface area contributed by atoms with Gasteiger partial charge in [0, 0.05) is 5.69 Å². The molecule has 0 atom stereocenters. The molecule has 1 aromatic rings. The average Bonchev–Trinajstić information content (AvgIpc) is 2.41. The number of benzene rings is 1. The first-order chi connectivity index (χ1) is 9.26. The number of hydrogen-bond acceptors (Lipinski definition) is 3. The lowest BCUT2D eigenvalue weighted by Crippen LogP contribution is -2.24. The molecule has 19 heavy (non-hydrogen) atoms. The highest BCUT2D eigenvalue weighted by Gasteiger charge is 2.00. The quantitative estimate of drug-likeness (QED) is 0.674. The van der Waals surface area contributed by atoms with Crippen molar-refractivity contribution in [2.45, 2.75) is 32.6 Å². The summed E-state index contributed by atoms with van der Waals surface area (Å²) in [6, 6.07) is 7.48. The molecule has 0 heterocycles. The summed E-state index contributed by atoms with van der Waals surface area (Å²) in [5, 5.41) is 5.60. The first-order valence-electron chi connectivity index (χ1n) is 6.93. The maximum Gasteiger partial charge on any atom is 0.238 e. The number of anilines is 1. The molecule has 0 spiro atoms. The Kier molecular flexibility index (Phi) is 7.66. The molecule has 0 radical (unpaired) electrons. The van der Waals surface area contributed by atoms with Crippen molar-refractivity contribution in [3.05, 3.63) is 24.3 Å². The number of rotatable bonds is 9. The van der Waals surface area contributed by atoms with Crippen LogP contribution in [0.3, 0.4) is 0 Å². The number of amides is 1. The lowest BCUT2D eigenvalue weighted by molar-refractivity contribution is -0.115. The largest absolute Gasteiger partial charge is 0.494 e. The first-order valence-corrected chi connectivity index (χ1v) is 6.93. The van der Waals surface area contributed by atoms with Crippen LogP contribution in [0.25, 0.3) is 0 Å². The second-order valence-electron chi connectivity index (χ2n) is 4.51. The summed E-state index contributed by atoms with van der Waals surface area (Å²) in [6.07, 6.45) is 4.81. The van der Waals surface area contributed by atoms with E-state index in [0.29, 0.717) is 6.54 Å². The van der Waals surface area contributed by atoms with Crippen LogP contribution < -0.4 is 15.4 Å². The van der Waals surface area contributed by atoms with Crippen LogP contribution in [0.5, 0.6) is 5.75 Å². The van der Waals surface area contributed by atoms with Gasteiger partial charge in [-0.2, -0.15) is 0 Å². The lowest BCUT2D eigenvalue weighted by atomic mass is 10.2. The maximum absolute atomic E-state index is 11.4. The van der Waals surface area contributed by atoms with Gasteiger partial charge < -0.3 is 15.4 Å². The molecule has 106 valence electrons. The van der Waals surface area contributed by atoms with E-state index in [2.05, 4.69) is 17.6 Å². The molecular weight excluding hydrogens is 240 g/mol. The van der Waals surface area contributed by atoms with Gasteiger partial charge in [0.1, 0.15) is 5.75 Å². The summed E-state index contributed by atoms with van der Waals surface area (Å²) < 4.78 is 5.63. The first kappa shape index (κ1) is 15.5. The van der Waals surface area contributed by atoms with Crippen molar-refractivity contribution >= 4 is 11.6 Å². The van der Waals surface area contributed by atoms with Gasteiger partial charge >= 0.3 is 0 Å². The summed E-state index contributed by atoms with van der Waals surface area (Å²) in [6.45, 7) is 3.27. The minimum Gasteiger partial charge on any atom is -0.494 e. The summed E-state index contributed by atoms with van der Waals surface area (Å²) in [5.41, 5.74) is 0.790. The molecule has 1 amide bonds. The van der Waals surface area contributed by atoms with E-state index in [0.717, 1.165) is 24.5 Å². The number of likely N-dealkylation sites (N-methyl/N-ethyl adjacent to an activating group) is 1. The van der Waals surface area contributed by atoms with Gasteiger partial charge in [-0.3, -0.25) is 4.79 Å². The van der Waals surface area contributed by atoms with Gasteiger partial charge in [-0.15, -0.1) is 0 Å². The number of ether oxygens (including phenoxy) is 1. The lowest BCUT2D eigenvalue weighted by Gasteiger charge is -2.08. The molecule has 0 saturated carbocycles. The van der Waals surface area contributed by atoms with Crippen molar-refractivity contribution in [2.24, 2.45) is 0 Å². The average molecular weight is 264 g/mol. The van der Waals surface area contributed by atoms with Crippen molar-refractivity contribution in [1.29, 1.82) is 0 Å². The molecule has 4 heteroatoms. The minimum absolute atomic E-state index is 0.0456. The predicted molar refractivity (Wildman–Crippen MR) is 78.6 cm³/mol. The van der Waals surface area contributed by atoms with Crippen LogP contribution in [0.15, 0.2) is 24.3 Å². The van der Waals surface area contributed by atoms with Crippen LogP contribution in [0.4, 0.5) is 5.69 Å². The Morgan fingerprint density at radius 3 is 2.53 bits per heavy atom. The zero-order valence-corrected chi connectivity index (χ0v) is 11.9. The highest BCUT2D eigenvalue weighted by atomic mass is 16.5. The highest BCUT2D eigenvalue weighted by Crippen LogP contribution is 2.16. The highest BCUT2D eigenvalue weighted by molar-refractivity contribution is 5.92. The number of nitrogens with one attached hydrogen (secondary N) is 2. The Hall–Kier alpha value is -1.55. The van der Waals surface area contributed by atoms with Crippen molar-refractivity contribution in [3.63, 3.8) is 0 Å². The molecule has 0 unspecified atom stereocenters. The van der Waals surface area contributed by atoms with E-state index < -0.39 is 0 Å². The molecule has 4 nitrogen and oxygen atoms in total. The molecule has 0 fully saturated rings. The van der Waals surface area contributed by atoms with Gasteiger partial charge in [-0.05, 0) is 37.7 Å². The third kappa shape index (κ3) is 6.82. The van der Waals surface area contributed by atoms with E-state index in [1.165, 1.54) is 19.3 Å². The minimum atomic E-state index is -0.0456. The number of carbonyl (C=O) groups is 1. The van der Waals surface area contributed by atoms with Crippen LogP contribution in [0, 0.1) is 0 Å². The second kappa shape index (κ2) is 9.39. The van der Waals surface area contributed by atoms with Crippen molar-refractivity contribution in [1.82, 2.24) is 5.32 Å². The fourth-order valence-corrected chi connectivity index (χ4v) is 1.72. The predicted octanol–water partition coefficient (Wildman–Crippen LogP) is 2.80. The number of unbranched alkanes of at least 4 members (excludes halogenated alkanes) is 3. The van der Waals surface area contributed by atoms with Gasteiger partial charge in [0.2, 0.25) is 5.91 Å². The normalized spacial score (nSPS) is 10.2. The van der Waals surface area contributed by atoms with E-state index in [4.69, 9.17) is 4.74 Å². The van der Waals surface area contributed by atoms with Crippen LogP contribution in [0.2, 0.25) is 0 Å². The summed E-state index contributed by atoms with van der Waals surface area (Å²) in [5.74, 6) is 0.804. The Labute approximate surface area is 115 Å². The van der Waals surface area contributed by atoms with Crippen molar-refractivity contribution in [3.8, 4) is 5.75 Å².